The third-order valence-corrected chi connectivity index (χ3v) is 3.68. The van der Waals surface area contributed by atoms with Gasteiger partial charge in [0.05, 0.1) is 6.61 Å². The number of hydrogen-bond donors (Lipinski definition) is 1. The van der Waals surface area contributed by atoms with Gasteiger partial charge in [0, 0.05) is 18.4 Å². The van der Waals surface area contributed by atoms with Crippen molar-refractivity contribution in [3.05, 3.63) is 54.1 Å². The van der Waals surface area contributed by atoms with Gasteiger partial charge >= 0.3 is 0 Å². The van der Waals surface area contributed by atoms with Gasteiger partial charge in [-0.15, -0.1) is 0 Å². The molecule has 1 N–H and O–H groups in total. The van der Waals surface area contributed by atoms with E-state index < -0.39 is 6.10 Å². The highest BCUT2D eigenvalue weighted by atomic mass is 16.6. The van der Waals surface area contributed by atoms with E-state index in [4.69, 9.17) is 14.2 Å². The first-order valence-corrected chi connectivity index (χ1v) is 7.49. The second kappa shape index (κ2) is 6.71. The van der Waals surface area contributed by atoms with Crippen molar-refractivity contribution in [2.24, 2.45) is 0 Å². The third kappa shape index (κ3) is 3.29. The first-order chi connectivity index (χ1) is 11.2. The summed E-state index contributed by atoms with van der Waals surface area (Å²) in [6, 6.07) is 14.9. The molecule has 5 nitrogen and oxygen atoms in total. The number of amides is 1. The van der Waals surface area contributed by atoms with Crippen LogP contribution in [0.4, 0.5) is 5.69 Å². The summed E-state index contributed by atoms with van der Waals surface area (Å²) < 4.78 is 16.7. The Morgan fingerprint density at radius 3 is 2.48 bits per heavy atom. The third-order valence-electron chi connectivity index (χ3n) is 3.68. The minimum absolute atomic E-state index is 0.240. The molecule has 0 fully saturated rings. The van der Waals surface area contributed by atoms with Gasteiger partial charge in [-0.25, -0.2) is 0 Å². The Morgan fingerprint density at radius 2 is 1.74 bits per heavy atom. The van der Waals surface area contributed by atoms with E-state index >= 15 is 0 Å². The molecule has 5 heteroatoms. The van der Waals surface area contributed by atoms with E-state index in [0.29, 0.717) is 23.8 Å². The quantitative estimate of drug-likeness (QED) is 0.943. The van der Waals surface area contributed by atoms with Gasteiger partial charge in [0.1, 0.15) is 6.10 Å². The van der Waals surface area contributed by atoms with Crippen molar-refractivity contribution in [1.29, 1.82) is 0 Å². The van der Waals surface area contributed by atoms with Gasteiger partial charge in [0.25, 0.3) is 5.91 Å². The van der Waals surface area contributed by atoms with E-state index in [1.165, 1.54) is 0 Å². The first kappa shape index (κ1) is 15.4. The highest BCUT2D eigenvalue weighted by Gasteiger charge is 2.34. The molecule has 0 aliphatic carbocycles. The standard InChI is InChI=1S/C18H19NO4/c1-12-17(23-16-10-6-5-9-15(16)22-12)18(20)19-14-8-4-3-7-13(14)11-21-2/h3-10,12,17H,11H2,1-2H3,(H,19,20)/t12-,17-/m1/s1. The van der Waals surface area contributed by atoms with Crippen molar-refractivity contribution in [2.75, 3.05) is 12.4 Å². The number of ether oxygens (including phenoxy) is 3. The fourth-order valence-corrected chi connectivity index (χ4v) is 2.53. The fourth-order valence-electron chi connectivity index (χ4n) is 2.53. The lowest BCUT2D eigenvalue weighted by atomic mass is 10.1. The number of carbonyl (C=O) groups is 1. The average molecular weight is 313 g/mol. The summed E-state index contributed by atoms with van der Waals surface area (Å²) in [5.74, 6) is 0.996. The maximum Gasteiger partial charge on any atom is 0.269 e. The monoisotopic (exact) mass is 313 g/mol. The van der Waals surface area contributed by atoms with Crippen LogP contribution in [-0.2, 0) is 16.1 Å². The molecule has 1 amide bonds. The molecule has 0 saturated carbocycles. The molecule has 0 saturated heterocycles. The van der Waals surface area contributed by atoms with Gasteiger partial charge in [0.2, 0.25) is 6.10 Å². The van der Waals surface area contributed by atoms with Gasteiger partial charge in [-0.1, -0.05) is 30.3 Å². The summed E-state index contributed by atoms with van der Waals surface area (Å²) in [7, 11) is 1.62. The molecule has 23 heavy (non-hydrogen) atoms. The van der Waals surface area contributed by atoms with E-state index in [2.05, 4.69) is 5.32 Å². The zero-order chi connectivity index (χ0) is 16.2. The Kier molecular flexibility index (Phi) is 4.48. The van der Waals surface area contributed by atoms with Gasteiger partial charge < -0.3 is 19.5 Å². The molecule has 0 aromatic heterocycles. The predicted molar refractivity (Wildman–Crippen MR) is 86.7 cm³/mol. The lowest BCUT2D eigenvalue weighted by Gasteiger charge is -2.31. The minimum atomic E-state index is -0.708. The van der Waals surface area contributed by atoms with Gasteiger partial charge in [0.15, 0.2) is 11.5 Å². The molecule has 2 aromatic carbocycles. The Balaban J connectivity index is 1.76. The molecule has 1 aliphatic heterocycles. The van der Waals surface area contributed by atoms with E-state index in [-0.39, 0.29) is 12.0 Å². The van der Waals surface area contributed by atoms with Crippen molar-refractivity contribution >= 4 is 11.6 Å². The second-order valence-electron chi connectivity index (χ2n) is 5.39. The number of methoxy groups -OCH3 is 1. The van der Waals surface area contributed by atoms with Crippen LogP contribution in [0.5, 0.6) is 11.5 Å². The molecule has 0 bridgehead atoms. The Hall–Kier alpha value is -2.53. The first-order valence-electron chi connectivity index (χ1n) is 7.49. The van der Waals surface area contributed by atoms with Crippen molar-refractivity contribution in [3.63, 3.8) is 0 Å². The molecular formula is C18H19NO4. The lowest BCUT2D eigenvalue weighted by Crippen LogP contribution is -2.46. The van der Waals surface area contributed by atoms with Gasteiger partial charge in [-0.3, -0.25) is 4.79 Å². The fraction of sp³-hybridized carbons (Fsp3) is 0.278. The molecule has 2 aromatic rings. The van der Waals surface area contributed by atoms with E-state index in [0.717, 1.165) is 5.56 Å². The zero-order valence-corrected chi connectivity index (χ0v) is 13.1. The summed E-state index contributed by atoms with van der Waals surface area (Å²) in [5, 5.41) is 2.90. The molecule has 1 heterocycles. The van der Waals surface area contributed by atoms with Crippen LogP contribution >= 0.6 is 0 Å². The Bertz CT molecular complexity index is 701. The van der Waals surface area contributed by atoms with Crippen LogP contribution in [-0.4, -0.2) is 25.2 Å². The molecule has 120 valence electrons. The highest BCUT2D eigenvalue weighted by molar-refractivity contribution is 5.95. The molecule has 0 unspecified atom stereocenters. The number of anilines is 1. The number of rotatable bonds is 4. The SMILES string of the molecule is COCc1ccccc1NC(=O)[C@@H]1Oc2ccccc2O[C@@H]1C. The maximum absolute atomic E-state index is 12.6. The number of hydrogen-bond acceptors (Lipinski definition) is 4. The lowest BCUT2D eigenvalue weighted by molar-refractivity contribution is -0.128. The number of fused-ring (bicyclic) bond motifs is 1. The molecule has 3 rings (SSSR count). The van der Waals surface area contributed by atoms with E-state index in [1.54, 1.807) is 13.2 Å². The molecular weight excluding hydrogens is 294 g/mol. The number of para-hydroxylation sites is 3. The van der Waals surface area contributed by atoms with E-state index in [9.17, 15) is 4.79 Å². The van der Waals surface area contributed by atoms with E-state index in [1.807, 2.05) is 49.4 Å². The predicted octanol–water partition coefficient (Wildman–Crippen LogP) is 3.00. The second-order valence-corrected chi connectivity index (χ2v) is 5.39. The molecule has 2 atom stereocenters. The minimum Gasteiger partial charge on any atom is -0.482 e. The van der Waals surface area contributed by atoms with Crippen LogP contribution in [0.25, 0.3) is 0 Å². The zero-order valence-electron chi connectivity index (χ0n) is 13.1. The summed E-state index contributed by atoms with van der Waals surface area (Å²) >= 11 is 0. The molecule has 0 spiro atoms. The number of nitrogens with one attached hydrogen (secondary N) is 1. The summed E-state index contributed by atoms with van der Waals surface area (Å²) in [6.45, 7) is 2.25. The van der Waals surface area contributed by atoms with Crippen molar-refractivity contribution < 1.29 is 19.0 Å². The Labute approximate surface area is 135 Å². The Morgan fingerprint density at radius 1 is 1.09 bits per heavy atom. The van der Waals surface area contributed by atoms with Crippen LogP contribution in [0.15, 0.2) is 48.5 Å². The van der Waals surface area contributed by atoms with Crippen LogP contribution in [0.1, 0.15) is 12.5 Å². The van der Waals surface area contributed by atoms with Crippen molar-refractivity contribution in [1.82, 2.24) is 0 Å². The highest BCUT2D eigenvalue weighted by Crippen LogP contribution is 2.33. The summed E-state index contributed by atoms with van der Waals surface area (Å²) in [5.41, 5.74) is 1.63. The number of carbonyl (C=O) groups excluding carboxylic acids is 1. The smallest absolute Gasteiger partial charge is 0.269 e. The summed E-state index contributed by atoms with van der Waals surface area (Å²) in [4.78, 5) is 12.6. The van der Waals surface area contributed by atoms with Crippen molar-refractivity contribution in [3.8, 4) is 11.5 Å². The van der Waals surface area contributed by atoms with Crippen LogP contribution < -0.4 is 14.8 Å². The normalized spacial score (nSPS) is 19.2. The van der Waals surface area contributed by atoms with Crippen LogP contribution in [0.2, 0.25) is 0 Å². The van der Waals surface area contributed by atoms with Crippen LogP contribution in [0, 0.1) is 0 Å². The average Bonchev–Trinajstić information content (AvgIpc) is 2.56. The van der Waals surface area contributed by atoms with Crippen LogP contribution in [0.3, 0.4) is 0 Å². The molecule has 0 radical (unpaired) electrons. The summed E-state index contributed by atoms with van der Waals surface area (Å²) in [6.07, 6.45) is -1.08. The van der Waals surface area contributed by atoms with Gasteiger partial charge in [-0.05, 0) is 25.1 Å². The topological polar surface area (TPSA) is 56.8 Å². The molecule has 1 aliphatic rings. The van der Waals surface area contributed by atoms with Gasteiger partial charge in [-0.2, -0.15) is 0 Å². The maximum atomic E-state index is 12.6. The van der Waals surface area contributed by atoms with Crippen molar-refractivity contribution in [2.45, 2.75) is 25.7 Å². The number of benzene rings is 2. The largest absolute Gasteiger partial charge is 0.482 e.